The molecule has 0 aliphatic carbocycles. The van der Waals surface area contributed by atoms with Gasteiger partial charge in [-0.15, -0.1) is 24.0 Å². The van der Waals surface area contributed by atoms with Crippen LogP contribution in [0.5, 0.6) is 0 Å². The van der Waals surface area contributed by atoms with Gasteiger partial charge >= 0.3 is 0 Å². The third-order valence-corrected chi connectivity index (χ3v) is 4.21. The van der Waals surface area contributed by atoms with E-state index < -0.39 is 0 Å². The Hall–Kier alpha value is -1.51. The van der Waals surface area contributed by atoms with Gasteiger partial charge in [-0.2, -0.15) is 0 Å². The summed E-state index contributed by atoms with van der Waals surface area (Å²) in [7, 11) is 1.99. The molecule has 7 heteroatoms. The van der Waals surface area contributed by atoms with Gasteiger partial charge in [0.2, 0.25) is 5.91 Å². The largest absolute Gasteiger partial charge is 0.368 e. The van der Waals surface area contributed by atoms with E-state index in [1.165, 1.54) is 5.69 Å². The Kier molecular flexibility index (Phi) is 6.49. The van der Waals surface area contributed by atoms with Crippen LogP contribution in [0.15, 0.2) is 35.3 Å². The summed E-state index contributed by atoms with van der Waals surface area (Å²) in [6.07, 6.45) is 0. The Balaban J connectivity index is 0.00000192. The highest BCUT2D eigenvalue weighted by molar-refractivity contribution is 14.0. The van der Waals surface area contributed by atoms with Crippen molar-refractivity contribution in [1.29, 1.82) is 0 Å². The lowest BCUT2D eigenvalue weighted by Crippen LogP contribution is -2.52. The number of nitrogens with one attached hydrogen (secondary N) is 1. The molecule has 1 fully saturated rings. The smallest absolute Gasteiger partial charge is 0.242 e. The topological polar surface area (TPSA) is 51.2 Å². The SMILES string of the molecule is CN1CCN=C1NCC(=O)N1CCN(c2ccccc2)CC1.I. The van der Waals surface area contributed by atoms with E-state index in [0.29, 0.717) is 6.54 Å². The van der Waals surface area contributed by atoms with Crippen LogP contribution in [0, 0.1) is 0 Å². The van der Waals surface area contributed by atoms with Gasteiger partial charge in [0.15, 0.2) is 5.96 Å². The molecule has 6 nitrogen and oxygen atoms in total. The van der Waals surface area contributed by atoms with Crippen LogP contribution >= 0.6 is 24.0 Å². The summed E-state index contributed by atoms with van der Waals surface area (Å²) in [6, 6.07) is 10.4. The highest BCUT2D eigenvalue weighted by atomic mass is 127. The molecule has 3 rings (SSSR count). The maximum absolute atomic E-state index is 12.3. The first-order valence-corrected chi connectivity index (χ1v) is 7.81. The summed E-state index contributed by atoms with van der Waals surface area (Å²) in [5.41, 5.74) is 1.23. The van der Waals surface area contributed by atoms with Gasteiger partial charge in [-0.25, -0.2) is 0 Å². The van der Waals surface area contributed by atoms with Gasteiger partial charge in [0, 0.05) is 45.5 Å². The Morgan fingerprint density at radius 1 is 1.13 bits per heavy atom. The number of guanidine groups is 1. The van der Waals surface area contributed by atoms with E-state index in [1.807, 2.05) is 22.9 Å². The minimum Gasteiger partial charge on any atom is -0.368 e. The predicted octanol–water partition coefficient (Wildman–Crippen LogP) is 0.844. The van der Waals surface area contributed by atoms with E-state index in [1.54, 1.807) is 0 Å². The Labute approximate surface area is 154 Å². The second kappa shape index (κ2) is 8.37. The van der Waals surface area contributed by atoms with Crippen molar-refractivity contribution in [3.05, 3.63) is 30.3 Å². The lowest BCUT2D eigenvalue weighted by Gasteiger charge is -2.36. The summed E-state index contributed by atoms with van der Waals surface area (Å²) < 4.78 is 0. The highest BCUT2D eigenvalue weighted by Crippen LogP contribution is 2.15. The summed E-state index contributed by atoms with van der Waals surface area (Å²) in [4.78, 5) is 22.9. The van der Waals surface area contributed by atoms with Crippen molar-refractivity contribution >= 4 is 41.5 Å². The van der Waals surface area contributed by atoms with E-state index in [2.05, 4.69) is 39.5 Å². The number of benzene rings is 1. The molecule has 1 aromatic rings. The van der Waals surface area contributed by atoms with Crippen molar-refractivity contribution < 1.29 is 4.79 Å². The van der Waals surface area contributed by atoms with E-state index in [4.69, 9.17) is 0 Å². The molecule has 0 atom stereocenters. The molecule has 0 saturated carbocycles. The van der Waals surface area contributed by atoms with Crippen LogP contribution in [0.25, 0.3) is 0 Å². The first-order chi connectivity index (χ1) is 10.7. The molecule has 0 unspecified atom stereocenters. The van der Waals surface area contributed by atoms with Crippen molar-refractivity contribution in [1.82, 2.24) is 15.1 Å². The number of nitrogens with zero attached hydrogens (tertiary/aromatic N) is 4. The molecule has 2 aliphatic rings. The van der Waals surface area contributed by atoms with Crippen molar-refractivity contribution in [2.24, 2.45) is 4.99 Å². The predicted molar refractivity (Wildman–Crippen MR) is 104 cm³/mol. The average molecular weight is 429 g/mol. The van der Waals surface area contributed by atoms with E-state index >= 15 is 0 Å². The minimum atomic E-state index is 0. The second-order valence-corrected chi connectivity index (χ2v) is 5.68. The molecule has 23 heavy (non-hydrogen) atoms. The summed E-state index contributed by atoms with van der Waals surface area (Å²) in [5, 5.41) is 3.14. The van der Waals surface area contributed by atoms with Crippen LogP contribution < -0.4 is 10.2 Å². The molecule has 0 aromatic heterocycles. The van der Waals surface area contributed by atoms with Gasteiger partial charge in [-0.1, -0.05) is 18.2 Å². The molecule has 0 spiro atoms. The molecule has 1 aromatic carbocycles. The number of likely N-dealkylation sites (N-methyl/N-ethyl adjacent to an activating group) is 1. The van der Waals surface area contributed by atoms with Crippen LogP contribution in [-0.4, -0.2) is 74.5 Å². The summed E-state index contributed by atoms with van der Waals surface area (Å²) in [6.45, 7) is 5.38. The molecular formula is C16H24IN5O. The number of carbonyl (C=O) groups excluding carboxylic acids is 1. The lowest BCUT2D eigenvalue weighted by molar-refractivity contribution is -0.130. The molecule has 1 N–H and O–H groups in total. The summed E-state index contributed by atoms with van der Waals surface area (Å²) in [5.74, 6) is 0.979. The monoisotopic (exact) mass is 429 g/mol. The highest BCUT2D eigenvalue weighted by Gasteiger charge is 2.22. The Morgan fingerprint density at radius 3 is 2.43 bits per heavy atom. The number of para-hydroxylation sites is 1. The molecule has 1 amide bonds. The summed E-state index contributed by atoms with van der Waals surface area (Å²) >= 11 is 0. The third-order valence-electron chi connectivity index (χ3n) is 4.21. The van der Waals surface area contributed by atoms with Gasteiger partial charge in [-0.05, 0) is 12.1 Å². The van der Waals surface area contributed by atoms with Gasteiger partial charge in [-0.3, -0.25) is 9.79 Å². The van der Waals surface area contributed by atoms with Gasteiger partial charge in [0.1, 0.15) is 0 Å². The normalized spacial score (nSPS) is 17.6. The van der Waals surface area contributed by atoms with E-state index in [-0.39, 0.29) is 29.9 Å². The number of carbonyl (C=O) groups is 1. The number of anilines is 1. The van der Waals surface area contributed by atoms with Crippen LogP contribution in [0.1, 0.15) is 0 Å². The van der Waals surface area contributed by atoms with Crippen LogP contribution in [0.3, 0.4) is 0 Å². The fourth-order valence-electron chi connectivity index (χ4n) is 2.84. The number of amides is 1. The van der Waals surface area contributed by atoms with Crippen LogP contribution in [0.4, 0.5) is 5.69 Å². The molecule has 0 bridgehead atoms. The molecule has 126 valence electrons. The van der Waals surface area contributed by atoms with Gasteiger partial charge < -0.3 is 20.0 Å². The maximum atomic E-state index is 12.3. The van der Waals surface area contributed by atoms with Crippen molar-refractivity contribution in [2.45, 2.75) is 0 Å². The average Bonchev–Trinajstić information content (AvgIpc) is 2.99. The number of rotatable bonds is 3. The van der Waals surface area contributed by atoms with Gasteiger partial charge in [0.05, 0.1) is 13.1 Å². The Morgan fingerprint density at radius 2 is 1.83 bits per heavy atom. The molecular weight excluding hydrogens is 405 g/mol. The molecule has 0 radical (unpaired) electrons. The van der Waals surface area contributed by atoms with Crippen LogP contribution in [0.2, 0.25) is 0 Å². The number of piperazine rings is 1. The Bertz CT molecular complexity index is 543. The fourth-order valence-corrected chi connectivity index (χ4v) is 2.84. The number of hydrogen-bond acceptors (Lipinski definition) is 5. The number of aliphatic imine (C=N–C) groups is 1. The lowest BCUT2D eigenvalue weighted by atomic mass is 10.2. The third kappa shape index (κ3) is 4.49. The van der Waals surface area contributed by atoms with E-state index in [0.717, 1.165) is 45.2 Å². The zero-order valence-corrected chi connectivity index (χ0v) is 15.8. The number of hydrogen-bond donors (Lipinski definition) is 1. The first kappa shape index (κ1) is 17.8. The minimum absolute atomic E-state index is 0. The zero-order chi connectivity index (χ0) is 15.4. The van der Waals surface area contributed by atoms with Crippen molar-refractivity contribution in [3.8, 4) is 0 Å². The zero-order valence-electron chi connectivity index (χ0n) is 13.4. The van der Waals surface area contributed by atoms with Crippen LogP contribution in [-0.2, 0) is 4.79 Å². The molecule has 2 aliphatic heterocycles. The first-order valence-electron chi connectivity index (χ1n) is 7.81. The number of halogens is 1. The van der Waals surface area contributed by atoms with Crippen molar-refractivity contribution in [2.75, 3.05) is 57.8 Å². The van der Waals surface area contributed by atoms with Gasteiger partial charge in [0.25, 0.3) is 0 Å². The van der Waals surface area contributed by atoms with Crippen molar-refractivity contribution in [3.63, 3.8) is 0 Å². The second-order valence-electron chi connectivity index (χ2n) is 5.68. The standard InChI is InChI=1S/C16H23N5O.HI/c1-19-8-7-17-16(19)18-13-15(22)21-11-9-20(10-12-21)14-5-3-2-4-6-14;/h2-6H,7-13H2,1H3,(H,17,18);1H. The van der Waals surface area contributed by atoms with E-state index in [9.17, 15) is 4.79 Å². The maximum Gasteiger partial charge on any atom is 0.242 e. The quantitative estimate of drug-likeness (QED) is 0.724. The molecule has 1 saturated heterocycles. The molecule has 2 heterocycles. The fraction of sp³-hybridized carbons (Fsp3) is 0.500.